The van der Waals surface area contributed by atoms with E-state index in [1.54, 1.807) is 30.3 Å². The molecule has 0 spiro atoms. The molecular formula is C38H31NO4. The number of hydrogen-bond donors (Lipinski definition) is 1. The number of carbonyl (C=O) groups excluding carboxylic acids is 2. The van der Waals surface area contributed by atoms with Crippen LogP contribution in [0.1, 0.15) is 58.6 Å². The van der Waals surface area contributed by atoms with Crippen molar-refractivity contribution in [1.82, 2.24) is 0 Å². The molecule has 0 radical (unpaired) electrons. The van der Waals surface area contributed by atoms with Crippen LogP contribution >= 0.6 is 0 Å². The van der Waals surface area contributed by atoms with Crippen molar-refractivity contribution in [2.75, 3.05) is 11.9 Å². The maximum atomic E-state index is 14.1. The molecule has 0 aromatic heterocycles. The zero-order chi connectivity index (χ0) is 29.3. The molecule has 1 heterocycles. The van der Waals surface area contributed by atoms with Gasteiger partial charge in [0.05, 0.1) is 12.2 Å². The van der Waals surface area contributed by atoms with Crippen LogP contribution in [0.2, 0.25) is 0 Å². The Balaban J connectivity index is 1.35. The lowest BCUT2D eigenvalue weighted by molar-refractivity contribution is -0.116. The minimum atomic E-state index is -0.452. The van der Waals surface area contributed by atoms with Crippen LogP contribution in [0.25, 0.3) is 10.8 Å². The van der Waals surface area contributed by atoms with E-state index >= 15 is 0 Å². The third-order valence-corrected chi connectivity index (χ3v) is 8.43. The van der Waals surface area contributed by atoms with Crippen LogP contribution in [0.4, 0.5) is 5.69 Å². The van der Waals surface area contributed by atoms with E-state index in [1.165, 1.54) is 5.56 Å². The van der Waals surface area contributed by atoms with Crippen molar-refractivity contribution in [3.63, 3.8) is 0 Å². The molecule has 0 amide bonds. The summed E-state index contributed by atoms with van der Waals surface area (Å²) in [7, 11) is 0. The summed E-state index contributed by atoms with van der Waals surface area (Å²) in [4.78, 5) is 27.0. The molecule has 2 atom stereocenters. The lowest BCUT2D eigenvalue weighted by atomic mass is 9.71. The van der Waals surface area contributed by atoms with Crippen molar-refractivity contribution in [3.8, 4) is 11.5 Å². The van der Waals surface area contributed by atoms with Crippen molar-refractivity contribution in [1.29, 1.82) is 0 Å². The predicted octanol–water partition coefficient (Wildman–Crippen LogP) is 8.42. The fraction of sp³-hybridized carbons (Fsp3) is 0.158. The van der Waals surface area contributed by atoms with Gasteiger partial charge in [-0.15, -0.1) is 0 Å². The SMILES string of the molecule is CCOc1cc(C2C3=C(CC(c4ccccc4)CC3=O)Nc3ccc4ccccc4c32)ccc1OC(=O)c1ccccc1. The van der Waals surface area contributed by atoms with E-state index in [4.69, 9.17) is 9.47 Å². The van der Waals surface area contributed by atoms with Gasteiger partial charge in [0.2, 0.25) is 0 Å². The maximum absolute atomic E-state index is 14.1. The van der Waals surface area contributed by atoms with Crippen LogP contribution in [0.5, 0.6) is 11.5 Å². The van der Waals surface area contributed by atoms with Crippen molar-refractivity contribution in [3.05, 3.63) is 149 Å². The van der Waals surface area contributed by atoms with Crippen molar-refractivity contribution >= 4 is 28.2 Å². The molecule has 43 heavy (non-hydrogen) atoms. The number of allylic oxidation sites excluding steroid dienone is 2. The highest BCUT2D eigenvalue weighted by molar-refractivity contribution is 6.04. The van der Waals surface area contributed by atoms with Crippen LogP contribution in [0, 0.1) is 0 Å². The Bertz CT molecular complexity index is 1880. The number of ether oxygens (including phenoxy) is 2. The Labute approximate surface area is 250 Å². The normalized spacial score (nSPS) is 17.6. The fourth-order valence-corrected chi connectivity index (χ4v) is 6.49. The number of nitrogens with one attached hydrogen (secondary N) is 1. The molecule has 7 rings (SSSR count). The third-order valence-electron chi connectivity index (χ3n) is 8.43. The Morgan fingerprint density at radius 1 is 0.791 bits per heavy atom. The van der Waals surface area contributed by atoms with Crippen LogP contribution in [-0.2, 0) is 4.79 Å². The largest absolute Gasteiger partial charge is 0.490 e. The summed E-state index contributed by atoms with van der Waals surface area (Å²) in [6.07, 6.45) is 1.20. The lowest BCUT2D eigenvalue weighted by Crippen LogP contribution is -2.30. The average Bonchev–Trinajstić information content (AvgIpc) is 3.05. The molecule has 0 saturated carbocycles. The van der Waals surface area contributed by atoms with E-state index in [2.05, 4.69) is 41.7 Å². The van der Waals surface area contributed by atoms with Crippen molar-refractivity contribution < 1.29 is 19.1 Å². The number of ketones is 1. The summed E-state index contributed by atoms with van der Waals surface area (Å²) in [5, 5.41) is 5.88. The van der Waals surface area contributed by atoms with Crippen LogP contribution < -0.4 is 14.8 Å². The highest BCUT2D eigenvalue weighted by atomic mass is 16.6. The first-order chi connectivity index (χ1) is 21.1. The number of fused-ring (bicyclic) bond motifs is 3. The summed E-state index contributed by atoms with van der Waals surface area (Å²) in [6.45, 7) is 2.30. The molecular weight excluding hydrogens is 534 g/mol. The van der Waals surface area contributed by atoms with E-state index < -0.39 is 5.97 Å². The Hall–Kier alpha value is -5.16. The number of esters is 1. The molecule has 5 heteroatoms. The second-order valence-electron chi connectivity index (χ2n) is 11.0. The molecule has 1 N–H and O–H groups in total. The van der Waals surface area contributed by atoms with Crippen LogP contribution in [0.15, 0.2) is 127 Å². The van der Waals surface area contributed by atoms with Gasteiger partial charge in [-0.2, -0.15) is 0 Å². The van der Waals surface area contributed by atoms with Gasteiger partial charge in [0.1, 0.15) is 0 Å². The van der Waals surface area contributed by atoms with Gasteiger partial charge >= 0.3 is 5.97 Å². The third kappa shape index (κ3) is 4.97. The van der Waals surface area contributed by atoms with Gasteiger partial charge in [0, 0.05) is 29.3 Å². The minimum absolute atomic E-state index is 0.112. The van der Waals surface area contributed by atoms with Crippen LogP contribution in [0.3, 0.4) is 0 Å². The lowest BCUT2D eigenvalue weighted by Gasteiger charge is -2.37. The van der Waals surface area contributed by atoms with Crippen molar-refractivity contribution in [2.24, 2.45) is 0 Å². The highest BCUT2D eigenvalue weighted by Gasteiger charge is 2.39. The van der Waals surface area contributed by atoms with Gasteiger partial charge < -0.3 is 14.8 Å². The van der Waals surface area contributed by atoms with Gasteiger partial charge in [0.25, 0.3) is 0 Å². The summed E-state index contributed by atoms with van der Waals surface area (Å²) in [5.74, 6) is 0.314. The number of hydrogen-bond acceptors (Lipinski definition) is 5. The molecule has 0 bridgehead atoms. The second kappa shape index (κ2) is 11.3. The number of Topliss-reactive ketones (excluding diaryl/α,β-unsaturated/α-hetero) is 1. The van der Waals surface area contributed by atoms with Gasteiger partial charge in [0.15, 0.2) is 17.3 Å². The highest BCUT2D eigenvalue weighted by Crippen LogP contribution is 2.51. The van der Waals surface area contributed by atoms with Crippen molar-refractivity contribution in [2.45, 2.75) is 31.6 Å². The van der Waals surface area contributed by atoms with E-state index in [9.17, 15) is 9.59 Å². The first kappa shape index (κ1) is 26.7. The molecule has 2 aliphatic rings. The number of rotatable bonds is 6. The summed E-state index contributed by atoms with van der Waals surface area (Å²) >= 11 is 0. The van der Waals surface area contributed by atoms with Gasteiger partial charge in [-0.25, -0.2) is 4.79 Å². The number of carbonyl (C=O) groups is 2. The number of anilines is 1. The van der Waals surface area contributed by atoms with Crippen LogP contribution in [-0.4, -0.2) is 18.4 Å². The molecule has 0 fully saturated rings. The molecule has 0 saturated heterocycles. The molecule has 1 aliphatic carbocycles. The topological polar surface area (TPSA) is 64.6 Å². The predicted molar refractivity (Wildman–Crippen MR) is 169 cm³/mol. The zero-order valence-electron chi connectivity index (χ0n) is 23.9. The molecule has 5 nitrogen and oxygen atoms in total. The minimum Gasteiger partial charge on any atom is -0.490 e. The van der Waals surface area contributed by atoms with E-state index in [1.807, 2.05) is 55.5 Å². The Morgan fingerprint density at radius 2 is 1.53 bits per heavy atom. The molecule has 5 aromatic rings. The fourth-order valence-electron chi connectivity index (χ4n) is 6.49. The Morgan fingerprint density at radius 3 is 2.33 bits per heavy atom. The quantitative estimate of drug-likeness (QED) is 0.165. The molecule has 1 aliphatic heterocycles. The summed E-state index contributed by atoms with van der Waals surface area (Å²) < 4.78 is 11.8. The van der Waals surface area contributed by atoms with Gasteiger partial charge in [-0.1, -0.05) is 84.9 Å². The van der Waals surface area contributed by atoms with E-state index in [0.29, 0.717) is 30.1 Å². The molecule has 212 valence electrons. The first-order valence-electron chi connectivity index (χ1n) is 14.7. The number of benzene rings is 5. The second-order valence-corrected chi connectivity index (χ2v) is 11.0. The summed E-state index contributed by atoms with van der Waals surface area (Å²) in [6, 6.07) is 37.4. The Kier molecular flexibility index (Phi) is 6.99. The molecule has 2 unspecified atom stereocenters. The smallest absolute Gasteiger partial charge is 0.343 e. The monoisotopic (exact) mass is 565 g/mol. The molecule has 5 aromatic carbocycles. The van der Waals surface area contributed by atoms with Gasteiger partial charge in [-0.05, 0) is 77.1 Å². The zero-order valence-corrected chi connectivity index (χ0v) is 23.9. The average molecular weight is 566 g/mol. The maximum Gasteiger partial charge on any atom is 0.343 e. The standard InChI is InChI=1S/C38H31NO4/c1-2-42-34-23-27(18-20-33(34)43-38(41)26-14-7-4-8-15-26)35-36-29-16-10-9-13-25(29)17-19-30(36)39-31-21-28(22-32(40)37(31)35)24-11-5-3-6-12-24/h3-20,23,28,35,39H,2,21-22H2,1H3. The van der Waals surface area contributed by atoms with E-state index in [0.717, 1.165) is 45.3 Å². The van der Waals surface area contributed by atoms with Gasteiger partial charge in [-0.3, -0.25) is 4.79 Å². The first-order valence-corrected chi connectivity index (χ1v) is 14.7. The van der Waals surface area contributed by atoms with E-state index in [-0.39, 0.29) is 17.6 Å². The summed E-state index contributed by atoms with van der Waals surface area (Å²) in [5.41, 5.74) is 6.39.